The summed E-state index contributed by atoms with van der Waals surface area (Å²) in [4.78, 5) is 30.3. The molecule has 35 heavy (non-hydrogen) atoms. The van der Waals surface area contributed by atoms with E-state index in [-0.39, 0.29) is 11.3 Å². The number of aliphatic hydroxyl groups excluding tert-OH is 1. The Hall–Kier alpha value is -2.88. The van der Waals surface area contributed by atoms with Gasteiger partial charge in [-0.25, -0.2) is 0 Å². The average molecular weight is 543 g/mol. The van der Waals surface area contributed by atoms with Crippen LogP contribution in [0.2, 0.25) is 0 Å². The third-order valence-corrected chi connectivity index (χ3v) is 6.99. The molecule has 0 saturated carbocycles. The largest absolute Gasteiger partial charge is 0.507 e. The monoisotopic (exact) mass is 542 g/mol. The highest BCUT2D eigenvalue weighted by atomic mass is 79.9. The highest BCUT2D eigenvalue weighted by Crippen LogP contribution is 2.41. The number of ether oxygens (including phenoxy) is 3. The molecule has 0 bridgehead atoms. The van der Waals surface area contributed by atoms with Gasteiger partial charge in [-0.05, 0) is 42.3 Å². The maximum absolute atomic E-state index is 13.2. The van der Waals surface area contributed by atoms with Gasteiger partial charge in [-0.1, -0.05) is 28.1 Å². The Morgan fingerprint density at radius 1 is 0.971 bits per heavy atom. The number of Topliss-reactive ketones (excluding diaryl/α,β-unsaturated/α-hetero) is 1. The van der Waals surface area contributed by atoms with E-state index >= 15 is 0 Å². The normalized spacial score (nSPS) is 22.0. The van der Waals surface area contributed by atoms with Crippen LogP contribution >= 0.6 is 15.9 Å². The van der Waals surface area contributed by atoms with Crippen LogP contribution in [0.15, 0.2) is 52.5 Å². The fraction of sp³-hybridized carbons (Fsp3) is 0.385. The first-order valence-corrected chi connectivity index (χ1v) is 12.6. The van der Waals surface area contributed by atoms with Crippen molar-refractivity contribution in [1.82, 2.24) is 9.80 Å². The van der Waals surface area contributed by atoms with E-state index in [0.29, 0.717) is 56.5 Å². The van der Waals surface area contributed by atoms with Crippen molar-refractivity contribution in [2.75, 3.05) is 52.6 Å². The zero-order valence-corrected chi connectivity index (χ0v) is 20.8. The average Bonchev–Trinajstić information content (AvgIpc) is 3.13. The Morgan fingerprint density at radius 3 is 2.51 bits per heavy atom. The number of amides is 1. The van der Waals surface area contributed by atoms with Gasteiger partial charge in [-0.3, -0.25) is 14.5 Å². The first-order valence-electron chi connectivity index (χ1n) is 11.8. The number of aliphatic hydroxyl groups is 1. The zero-order chi connectivity index (χ0) is 24.4. The van der Waals surface area contributed by atoms with Crippen LogP contribution in [-0.4, -0.2) is 79.2 Å². The van der Waals surface area contributed by atoms with Crippen molar-refractivity contribution in [1.29, 1.82) is 0 Å². The number of ketones is 1. The summed E-state index contributed by atoms with van der Waals surface area (Å²) in [6, 6.07) is 11.8. The number of nitrogens with zero attached hydrogens (tertiary/aromatic N) is 2. The summed E-state index contributed by atoms with van der Waals surface area (Å²) in [5.74, 6) is -0.426. The number of carbonyl (C=O) groups is 2. The fourth-order valence-electron chi connectivity index (χ4n) is 4.77. The lowest BCUT2D eigenvalue weighted by Crippen LogP contribution is -2.38. The Morgan fingerprint density at radius 2 is 1.74 bits per heavy atom. The Bertz CT molecular complexity index is 1160. The molecule has 3 aliphatic heterocycles. The van der Waals surface area contributed by atoms with Gasteiger partial charge in [0.15, 0.2) is 11.5 Å². The van der Waals surface area contributed by atoms with Crippen LogP contribution in [0.3, 0.4) is 0 Å². The molecular weight excluding hydrogens is 516 g/mol. The van der Waals surface area contributed by atoms with Crippen LogP contribution in [-0.2, 0) is 14.3 Å². The molecule has 2 aromatic rings. The van der Waals surface area contributed by atoms with Gasteiger partial charge in [0.1, 0.15) is 19.0 Å². The van der Waals surface area contributed by atoms with Gasteiger partial charge in [-0.2, -0.15) is 0 Å². The molecule has 1 N–H and O–H groups in total. The topological polar surface area (TPSA) is 88.5 Å². The van der Waals surface area contributed by atoms with Crippen LogP contribution in [0.4, 0.5) is 0 Å². The lowest BCUT2D eigenvalue weighted by molar-refractivity contribution is -0.140. The van der Waals surface area contributed by atoms with Gasteiger partial charge in [0.25, 0.3) is 11.7 Å². The summed E-state index contributed by atoms with van der Waals surface area (Å²) < 4.78 is 17.4. The highest BCUT2D eigenvalue weighted by Gasteiger charge is 2.46. The number of morpholine rings is 1. The molecule has 2 fully saturated rings. The summed E-state index contributed by atoms with van der Waals surface area (Å²) >= 11 is 3.49. The number of benzene rings is 2. The van der Waals surface area contributed by atoms with Crippen molar-refractivity contribution < 1.29 is 28.9 Å². The van der Waals surface area contributed by atoms with E-state index in [0.717, 1.165) is 29.7 Å². The first kappa shape index (κ1) is 23.8. The van der Waals surface area contributed by atoms with E-state index in [2.05, 4.69) is 20.8 Å². The lowest BCUT2D eigenvalue weighted by Gasteiger charge is -2.29. The highest BCUT2D eigenvalue weighted by molar-refractivity contribution is 9.10. The van der Waals surface area contributed by atoms with Crippen LogP contribution in [0.5, 0.6) is 11.5 Å². The second-order valence-corrected chi connectivity index (χ2v) is 9.63. The lowest BCUT2D eigenvalue weighted by atomic mass is 9.95. The second kappa shape index (κ2) is 10.4. The minimum atomic E-state index is -0.689. The maximum Gasteiger partial charge on any atom is 0.295 e. The molecule has 0 aliphatic carbocycles. The molecule has 2 saturated heterocycles. The molecule has 3 aliphatic rings. The number of rotatable bonds is 6. The molecule has 0 spiro atoms. The third kappa shape index (κ3) is 4.94. The molecule has 184 valence electrons. The van der Waals surface area contributed by atoms with Crippen LogP contribution in [0.1, 0.15) is 23.6 Å². The molecular formula is C26H27BrN2O6. The summed E-state index contributed by atoms with van der Waals surface area (Å²) in [5, 5.41) is 11.3. The van der Waals surface area contributed by atoms with Crippen molar-refractivity contribution in [3.05, 3.63) is 63.6 Å². The number of carbonyl (C=O) groups excluding carboxylic acids is 2. The summed E-state index contributed by atoms with van der Waals surface area (Å²) in [7, 11) is 0. The van der Waals surface area contributed by atoms with E-state index in [4.69, 9.17) is 14.2 Å². The Labute approximate surface area is 212 Å². The van der Waals surface area contributed by atoms with Crippen molar-refractivity contribution in [2.45, 2.75) is 12.5 Å². The van der Waals surface area contributed by atoms with E-state index in [9.17, 15) is 14.7 Å². The summed E-state index contributed by atoms with van der Waals surface area (Å²) in [6.45, 7) is 5.20. The van der Waals surface area contributed by atoms with Crippen molar-refractivity contribution in [3.63, 3.8) is 0 Å². The standard InChI is InChI=1S/C26H27BrN2O6/c27-19-4-1-3-17(15-19)23-22(24(30)18-5-6-20-21(16-18)35-14-13-34-20)25(31)26(32)29(23)8-2-7-28-9-11-33-12-10-28/h1,3-6,15-16,23,30H,2,7-14H2/b24-22+/t23-/m0/s1. The molecule has 0 unspecified atom stereocenters. The zero-order valence-electron chi connectivity index (χ0n) is 19.2. The van der Waals surface area contributed by atoms with Crippen molar-refractivity contribution in [3.8, 4) is 11.5 Å². The summed E-state index contributed by atoms with van der Waals surface area (Å²) in [5.41, 5.74) is 1.24. The predicted octanol–water partition coefficient (Wildman–Crippen LogP) is 3.36. The number of likely N-dealkylation sites (tertiary alicyclic amines) is 1. The van der Waals surface area contributed by atoms with Gasteiger partial charge in [0.05, 0.1) is 24.8 Å². The number of fused-ring (bicyclic) bond motifs is 1. The molecule has 0 aromatic heterocycles. The SMILES string of the molecule is O=C1C(=O)N(CCCN2CCOCC2)[C@@H](c2cccc(Br)c2)/C1=C(\O)c1ccc2c(c1)OCCO2. The molecule has 5 rings (SSSR count). The third-order valence-electron chi connectivity index (χ3n) is 6.50. The number of hydrogen-bond donors (Lipinski definition) is 1. The minimum Gasteiger partial charge on any atom is -0.507 e. The molecule has 2 aromatic carbocycles. The molecule has 3 heterocycles. The smallest absolute Gasteiger partial charge is 0.295 e. The van der Waals surface area contributed by atoms with Crippen LogP contribution in [0, 0.1) is 0 Å². The molecule has 1 amide bonds. The number of hydrogen-bond acceptors (Lipinski definition) is 7. The Balaban J connectivity index is 1.48. The second-order valence-electron chi connectivity index (χ2n) is 8.71. The number of halogens is 1. The maximum atomic E-state index is 13.2. The van der Waals surface area contributed by atoms with E-state index in [1.807, 2.05) is 24.3 Å². The Kier molecular flexibility index (Phi) is 7.08. The predicted molar refractivity (Wildman–Crippen MR) is 132 cm³/mol. The van der Waals surface area contributed by atoms with E-state index < -0.39 is 17.7 Å². The fourth-order valence-corrected chi connectivity index (χ4v) is 5.19. The summed E-state index contributed by atoms with van der Waals surface area (Å²) in [6.07, 6.45) is 0.710. The van der Waals surface area contributed by atoms with Gasteiger partial charge < -0.3 is 24.2 Å². The minimum absolute atomic E-state index is 0.0798. The first-order chi connectivity index (χ1) is 17.0. The van der Waals surface area contributed by atoms with Gasteiger partial charge >= 0.3 is 0 Å². The van der Waals surface area contributed by atoms with Crippen molar-refractivity contribution >= 4 is 33.4 Å². The quantitative estimate of drug-likeness (QED) is 0.340. The molecule has 1 atom stereocenters. The van der Waals surface area contributed by atoms with Gasteiger partial charge in [0, 0.05) is 36.2 Å². The van der Waals surface area contributed by atoms with Crippen LogP contribution in [0.25, 0.3) is 5.76 Å². The van der Waals surface area contributed by atoms with Gasteiger partial charge in [-0.15, -0.1) is 0 Å². The van der Waals surface area contributed by atoms with Crippen LogP contribution < -0.4 is 9.47 Å². The molecule has 0 radical (unpaired) electrons. The molecule has 8 nitrogen and oxygen atoms in total. The molecule has 9 heteroatoms. The van der Waals surface area contributed by atoms with E-state index in [1.165, 1.54) is 0 Å². The van der Waals surface area contributed by atoms with Crippen molar-refractivity contribution in [2.24, 2.45) is 0 Å². The van der Waals surface area contributed by atoms with E-state index in [1.54, 1.807) is 23.1 Å². The van der Waals surface area contributed by atoms with Gasteiger partial charge in [0.2, 0.25) is 0 Å².